The van der Waals surface area contributed by atoms with E-state index in [0.717, 1.165) is 112 Å². The molecular weight excluding hydrogens is 1270 g/mol. The van der Waals surface area contributed by atoms with Crippen molar-refractivity contribution in [3.8, 4) is 0 Å². The maximum absolute atomic E-state index is 14.0. The number of unbranched alkanes of at least 4 members (excludes halogenated alkanes) is 36. The molecule has 12 unspecified atom stereocenters. The number of rotatable bonds is 60. The fraction of sp³-hybridized carbons (Fsp3) is 0.867. The molecule has 102 heavy (non-hydrogen) atoms. The fourth-order valence-electron chi connectivity index (χ4n) is 20.9. The third-order valence-corrected chi connectivity index (χ3v) is 26.9. The van der Waals surface area contributed by atoms with Crippen LogP contribution < -0.4 is 0 Å². The number of imide groups is 4. The van der Waals surface area contributed by atoms with E-state index in [0.29, 0.717) is 39.0 Å². The predicted octanol–water partition coefficient (Wildman–Crippen LogP) is 22.7. The number of carbonyl (C=O) groups is 8. The van der Waals surface area contributed by atoms with Crippen LogP contribution >= 0.6 is 0 Å². The van der Waals surface area contributed by atoms with Gasteiger partial charge in [-0.15, -0.1) is 0 Å². The minimum absolute atomic E-state index is 0.104. The topological polar surface area (TPSA) is 150 Å². The fourth-order valence-corrected chi connectivity index (χ4v) is 20.9. The highest BCUT2D eigenvalue weighted by molar-refractivity contribution is 6.13. The van der Waals surface area contributed by atoms with Gasteiger partial charge in [-0.05, 0) is 137 Å². The summed E-state index contributed by atoms with van der Waals surface area (Å²) in [5.41, 5.74) is 0. The zero-order valence-corrected chi connectivity index (χ0v) is 66.1. The molecule has 0 bridgehead atoms. The number of carbonyl (C=O) groups excluding carboxylic acids is 8. The number of fused-ring (bicyclic) bond motifs is 2. The van der Waals surface area contributed by atoms with Crippen molar-refractivity contribution in [1.82, 2.24) is 19.6 Å². The lowest BCUT2D eigenvalue weighted by molar-refractivity contribution is -0.141. The van der Waals surface area contributed by atoms with Gasteiger partial charge in [0.05, 0.1) is 23.7 Å². The minimum atomic E-state index is -0.476. The highest BCUT2D eigenvalue weighted by Crippen LogP contribution is 2.51. The van der Waals surface area contributed by atoms with Gasteiger partial charge < -0.3 is 0 Å². The Balaban J connectivity index is 0.800. The third kappa shape index (κ3) is 28.0. The molecule has 0 aromatic carbocycles. The first-order chi connectivity index (χ1) is 49.9. The van der Waals surface area contributed by atoms with Crippen LogP contribution in [0.25, 0.3) is 0 Å². The van der Waals surface area contributed by atoms with E-state index in [4.69, 9.17) is 0 Å². The molecule has 0 spiro atoms. The number of hydrogen-bond acceptors (Lipinski definition) is 8. The normalized spacial score (nSPS) is 25.8. The van der Waals surface area contributed by atoms with E-state index in [9.17, 15) is 38.4 Å². The van der Waals surface area contributed by atoms with Crippen LogP contribution in [-0.2, 0) is 38.4 Å². The summed E-state index contributed by atoms with van der Waals surface area (Å²) in [6.07, 6.45) is 77.4. The van der Waals surface area contributed by atoms with Crippen molar-refractivity contribution in [1.29, 1.82) is 0 Å². The van der Waals surface area contributed by atoms with Crippen molar-refractivity contribution in [2.24, 2.45) is 71.0 Å². The SMILES string of the molecule is CCCCCCCCC1C(CCCCCC)CCC(CCCCCCCCN2C(=O)C=CC2=O)C1CCCCCCCCN1C(=O)C2CC3C(=O)N(CCCCCCCCC4C(CCCCCCCCN5C(=O)C=CC5=O)CCC(CCCCCC)C4CCCCCCCC)C(=O)C3CC2C1=O. The molecule has 580 valence electrons. The second kappa shape index (κ2) is 49.8. The lowest BCUT2D eigenvalue weighted by Gasteiger charge is -2.44. The van der Waals surface area contributed by atoms with Crippen LogP contribution in [0.4, 0.5) is 0 Å². The Labute approximate surface area is 623 Å². The Bertz CT molecular complexity index is 2260. The maximum atomic E-state index is 14.0. The molecule has 4 aliphatic heterocycles. The van der Waals surface area contributed by atoms with Crippen molar-refractivity contribution in [3.63, 3.8) is 0 Å². The first-order valence-corrected chi connectivity index (χ1v) is 44.7. The molecular formula is C90H152N4O8. The van der Waals surface area contributed by atoms with Gasteiger partial charge in [-0.2, -0.15) is 0 Å². The molecule has 0 N–H and O–H groups in total. The molecule has 0 aromatic heterocycles. The van der Waals surface area contributed by atoms with Crippen LogP contribution in [0.2, 0.25) is 0 Å². The standard InChI is InChI=1S/C90H152N4O8/c1-5-9-13-17-29-41-53-75-71(49-37-15-11-7-3)57-59-73(51-39-27-19-23-33-45-65-91-83(95)61-62-84(91)96)77(75)55-43-31-21-25-35-47-67-93-87(99)79-69-81-82(70-80(79)88(93)100)90(102)94(89(81)101)68-48-36-26-22-32-44-56-78-74(52-40-28-20-24-34-46-66-92-85(97)63-64-86(92)98)60-58-72(50-38-16-12-8-4)76(78)54-42-30-18-14-10-6-2/h61-64,71-82H,5-60,65-70H2,1-4H3. The Morgan fingerprint density at radius 2 is 0.402 bits per heavy atom. The molecule has 12 heteroatoms. The van der Waals surface area contributed by atoms with Crippen LogP contribution in [0.3, 0.4) is 0 Å². The molecule has 12 nitrogen and oxygen atoms in total. The first kappa shape index (κ1) is 85.3. The van der Waals surface area contributed by atoms with Gasteiger partial charge in [0.1, 0.15) is 0 Å². The average molecular weight is 1420 g/mol. The van der Waals surface area contributed by atoms with Crippen LogP contribution in [0.1, 0.15) is 400 Å². The molecule has 4 heterocycles. The second-order valence-electron chi connectivity index (χ2n) is 34.2. The van der Waals surface area contributed by atoms with Crippen molar-refractivity contribution >= 4 is 47.3 Å². The van der Waals surface area contributed by atoms with Crippen molar-refractivity contribution in [2.75, 3.05) is 26.2 Å². The molecule has 2 saturated heterocycles. The molecule has 8 amide bonds. The molecule has 3 saturated carbocycles. The monoisotopic (exact) mass is 1420 g/mol. The Hall–Kier alpha value is -3.96. The first-order valence-electron chi connectivity index (χ1n) is 44.7. The Kier molecular flexibility index (Phi) is 41.7. The van der Waals surface area contributed by atoms with E-state index < -0.39 is 23.7 Å². The summed E-state index contributed by atoms with van der Waals surface area (Å²) in [5.74, 6) is 3.80. The van der Waals surface area contributed by atoms with E-state index >= 15 is 0 Å². The van der Waals surface area contributed by atoms with Gasteiger partial charge in [0.15, 0.2) is 0 Å². The number of nitrogens with zero attached hydrogens (tertiary/aromatic N) is 4. The Morgan fingerprint density at radius 1 is 0.225 bits per heavy atom. The maximum Gasteiger partial charge on any atom is 0.253 e. The van der Waals surface area contributed by atoms with Crippen molar-refractivity contribution < 1.29 is 38.4 Å². The summed E-state index contributed by atoms with van der Waals surface area (Å²) in [5, 5.41) is 0. The lowest BCUT2D eigenvalue weighted by Crippen LogP contribution is -2.35. The molecule has 7 aliphatic rings. The Morgan fingerprint density at radius 3 is 0.627 bits per heavy atom. The van der Waals surface area contributed by atoms with Gasteiger partial charge in [-0.3, -0.25) is 58.0 Å². The highest BCUT2D eigenvalue weighted by atomic mass is 16.2. The third-order valence-electron chi connectivity index (χ3n) is 26.9. The van der Waals surface area contributed by atoms with Crippen molar-refractivity contribution in [3.05, 3.63) is 24.3 Å². The van der Waals surface area contributed by atoms with Crippen LogP contribution in [0.15, 0.2) is 24.3 Å². The number of hydrogen-bond donors (Lipinski definition) is 0. The smallest absolute Gasteiger partial charge is 0.253 e. The van der Waals surface area contributed by atoms with Gasteiger partial charge in [0.25, 0.3) is 23.6 Å². The molecule has 5 fully saturated rings. The van der Waals surface area contributed by atoms with Gasteiger partial charge in [-0.1, -0.05) is 310 Å². The summed E-state index contributed by atoms with van der Waals surface area (Å²) < 4.78 is 0. The van der Waals surface area contributed by atoms with E-state index in [1.54, 1.807) is 0 Å². The van der Waals surface area contributed by atoms with E-state index in [-0.39, 0.29) is 47.3 Å². The molecule has 0 radical (unpaired) electrons. The largest absolute Gasteiger partial charge is 0.282 e. The summed E-state index contributed by atoms with van der Waals surface area (Å²) in [7, 11) is 0. The number of likely N-dealkylation sites (tertiary alicyclic amines) is 2. The highest BCUT2D eigenvalue weighted by Gasteiger charge is 2.59. The molecule has 7 rings (SSSR count). The van der Waals surface area contributed by atoms with Crippen molar-refractivity contribution in [2.45, 2.75) is 400 Å². The zero-order chi connectivity index (χ0) is 72.5. The van der Waals surface area contributed by atoms with Gasteiger partial charge >= 0.3 is 0 Å². The summed E-state index contributed by atoms with van der Waals surface area (Å²) in [4.78, 5) is 110. The van der Waals surface area contributed by atoms with E-state index in [1.807, 2.05) is 0 Å². The van der Waals surface area contributed by atoms with Crippen LogP contribution in [0, 0.1) is 71.0 Å². The summed E-state index contributed by atoms with van der Waals surface area (Å²) >= 11 is 0. The summed E-state index contributed by atoms with van der Waals surface area (Å²) in [6, 6.07) is 0. The molecule has 0 aromatic rings. The van der Waals surface area contributed by atoms with E-state index in [2.05, 4.69) is 27.7 Å². The minimum Gasteiger partial charge on any atom is -0.282 e. The van der Waals surface area contributed by atoms with Gasteiger partial charge in [0, 0.05) is 50.5 Å². The predicted molar refractivity (Wildman–Crippen MR) is 418 cm³/mol. The van der Waals surface area contributed by atoms with E-state index in [1.165, 1.54) is 339 Å². The van der Waals surface area contributed by atoms with Gasteiger partial charge in [-0.25, -0.2) is 0 Å². The number of amides is 8. The second-order valence-corrected chi connectivity index (χ2v) is 34.2. The molecule has 3 aliphatic carbocycles. The molecule has 12 atom stereocenters. The lowest BCUT2D eigenvalue weighted by atomic mass is 9.61. The van der Waals surface area contributed by atoms with Crippen LogP contribution in [-0.4, -0.2) is 93.0 Å². The van der Waals surface area contributed by atoms with Crippen LogP contribution in [0.5, 0.6) is 0 Å². The van der Waals surface area contributed by atoms with Gasteiger partial charge in [0.2, 0.25) is 23.6 Å². The summed E-state index contributed by atoms with van der Waals surface area (Å²) in [6.45, 7) is 11.3. The average Bonchev–Trinajstić information content (AvgIpc) is 1.58. The quantitative estimate of drug-likeness (QED) is 0.0431. The zero-order valence-electron chi connectivity index (χ0n) is 66.1.